The maximum atomic E-state index is 12.3. The van der Waals surface area contributed by atoms with E-state index in [4.69, 9.17) is 4.74 Å². The summed E-state index contributed by atoms with van der Waals surface area (Å²) in [5.74, 6) is -0.801. The van der Waals surface area contributed by atoms with Gasteiger partial charge in [-0.2, -0.15) is 0 Å². The van der Waals surface area contributed by atoms with Crippen molar-refractivity contribution in [3.05, 3.63) is 0 Å². The molecule has 0 aromatic heterocycles. The Balaban J connectivity index is 1.87. The summed E-state index contributed by atoms with van der Waals surface area (Å²) in [6.45, 7) is 4.33. The van der Waals surface area contributed by atoms with Crippen molar-refractivity contribution in [2.45, 2.75) is 45.4 Å². The van der Waals surface area contributed by atoms with Gasteiger partial charge in [-0.05, 0) is 31.1 Å². The van der Waals surface area contributed by atoms with Crippen molar-refractivity contribution < 1.29 is 19.4 Å². The molecule has 0 aromatic carbocycles. The Morgan fingerprint density at radius 3 is 2.20 bits per heavy atom. The van der Waals surface area contributed by atoms with Gasteiger partial charge in [0.15, 0.2) is 0 Å². The lowest BCUT2D eigenvalue weighted by atomic mass is 9.66. The van der Waals surface area contributed by atoms with Gasteiger partial charge in [0, 0.05) is 26.6 Å². The van der Waals surface area contributed by atoms with Crippen molar-refractivity contribution in [2.75, 3.05) is 26.8 Å². The smallest absolute Gasteiger partial charge is 0.310 e. The molecule has 1 aliphatic carbocycles. The SMILES string of the molecule is COCC1(C)CCN(C(=O)CC2(C(=O)O)CCC2)CC1. The van der Waals surface area contributed by atoms with Gasteiger partial charge < -0.3 is 14.7 Å². The topological polar surface area (TPSA) is 66.8 Å². The van der Waals surface area contributed by atoms with Crippen LogP contribution in [0.3, 0.4) is 0 Å². The molecule has 0 aromatic rings. The minimum Gasteiger partial charge on any atom is -0.481 e. The Hall–Kier alpha value is -1.10. The van der Waals surface area contributed by atoms with Crippen LogP contribution in [-0.2, 0) is 14.3 Å². The summed E-state index contributed by atoms with van der Waals surface area (Å²) in [4.78, 5) is 25.5. The number of piperidine rings is 1. The van der Waals surface area contributed by atoms with Crippen LogP contribution in [0.4, 0.5) is 0 Å². The van der Waals surface area contributed by atoms with Crippen LogP contribution in [0.5, 0.6) is 0 Å². The average Bonchev–Trinajstić information content (AvgIpc) is 2.34. The van der Waals surface area contributed by atoms with Crippen molar-refractivity contribution >= 4 is 11.9 Å². The third-order valence-corrected chi connectivity index (χ3v) is 5.07. The number of hydrogen-bond donors (Lipinski definition) is 1. The van der Waals surface area contributed by atoms with Crippen LogP contribution in [0.25, 0.3) is 0 Å². The molecule has 1 amide bonds. The summed E-state index contributed by atoms with van der Waals surface area (Å²) in [6, 6.07) is 0. The quantitative estimate of drug-likeness (QED) is 0.837. The molecule has 0 radical (unpaired) electrons. The van der Waals surface area contributed by atoms with Crippen LogP contribution in [0.1, 0.15) is 45.4 Å². The predicted octanol–water partition coefficient (Wildman–Crippen LogP) is 1.91. The molecule has 5 nitrogen and oxygen atoms in total. The van der Waals surface area contributed by atoms with E-state index in [1.807, 2.05) is 4.90 Å². The van der Waals surface area contributed by atoms with Gasteiger partial charge in [-0.3, -0.25) is 9.59 Å². The molecular formula is C15H25NO4. The van der Waals surface area contributed by atoms with E-state index in [9.17, 15) is 14.7 Å². The molecule has 5 heteroatoms. The molecule has 1 saturated carbocycles. The Morgan fingerprint density at radius 2 is 1.80 bits per heavy atom. The summed E-state index contributed by atoms with van der Waals surface area (Å²) in [7, 11) is 1.70. The van der Waals surface area contributed by atoms with Crippen molar-refractivity contribution in [3.63, 3.8) is 0 Å². The first-order valence-electron chi connectivity index (χ1n) is 7.41. The fourth-order valence-electron chi connectivity index (χ4n) is 3.26. The average molecular weight is 283 g/mol. The Kier molecular flexibility index (Phi) is 4.37. The van der Waals surface area contributed by atoms with E-state index in [-0.39, 0.29) is 17.7 Å². The maximum Gasteiger partial charge on any atom is 0.310 e. The highest BCUT2D eigenvalue weighted by atomic mass is 16.5. The standard InChI is InChI=1S/C15H25NO4/c1-14(11-20-2)6-8-16(9-7-14)12(17)10-15(13(18)19)4-3-5-15/h3-11H2,1-2H3,(H,18,19). The Bertz CT molecular complexity index is 381. The van der Waals surface area contributed by atoms with E-state index in [0.717, 1.165) is 19.3 Å². The zero-order valence-electron chi connectivity index (χ0n) is 12.5. The number of rotatable bonds is 5. The second-order valence-corrected chi connectivity index (χ2v) is 6.74. The molecule has 114 valence electrons. The van der Waals surface area contributed by atoms with E-state index in [2.05, 4.69) is 6.92 Å². The molecule has 1 aliphatic heterocycles. The lowest BCUT2D eigenvalue weighted by molar-refractivity contribution is -0.160. The third-order valence-electron chi connectivity index (χ3n) is 5.07. The van der Waals surface area contributed by atoms with E-state index in [1.54, 1.807) is 7.11 Å². The number of carboxylic acid groups (broad SMARTS) is 1. The van der Waals surface area contributed by atoms with Gasteiger partial charge >= 0.3 is 5.97 Å². The fourth-order valence-corrected chi connectivity index (χ4v) is 3.26. The zero-order valence-corrected chi connectivity index (χ0v) is 12.5. The van der Waals surface area contributed by atoms with Gasteiger partial charge in [0.1, 0.15) is 0 Å². The van der Waals surface area contributed by atoms with Gasteiger partial charge in [0.25, 0.3) is 0 Å². The summed E-state index contributed by atoms with van der Waals surface area (Å²) >= 11 is 0. The molecular weight excluding hydrogens is 258 g/mol. The van der Waals surface area contributed by atoms with Crippen LogP contribution in [0.2, 0.25) is 0 Å². The van der Waals surface area contributed by atoms with Crippen LogP contribution < -0.4 is 0 Å². The lowest BCUT2D eigenvalue weighted by Crippen LogP contribution is -2.47. The molecule has 1 N–H and O–H groups in total. The van der Waals surface area contributed by atoms with Crippen molar-refractivity contribution in [1.82, 2.24) is 4.90 Å². The summed E-state index contributed by atoms with van der Waals surface area (Å²) < 4.78 is 5.24. The van der Waals surface area contributed by atoms with Gasteiger partial charge in [0.05, 0.1) is 12.0 Å². The molecule has 0 spiro atoms. The molecule has 20 heavy (non-hydrogen) atoms. The number of likely N-dealkylation sites (tertiary alicyclic amines) is 1. The van der Waals surface area contributed by atoms with Gasteiger partial charge in [-0.1, -0.05) is 13.3 Å². The zero-order chi connectivity index (χ0) is 14.8. The monoisotopic (exact) mass is 283 g/mol. The van der Waals surface area contributed by atoms with E-state index < -0.39 is 11.4 Å². The van der Waals surface area contributed by atoms with Crippen LogP contribution in [0, 0.1) is 10.8 Å². The molecule has 1 heterocycles. The predicted molar refractivity (Wildman–Crippen MR) is 74.3 cm³/mol. The van der Waals surface area contributed by atoms with Gasteiger partial charge in [0.2, 0.25) is 5.91 Å². The molecule has 2 fully saturated rings. The van der Waals surface area contributed by atoms with E-state index in [0.29, 0.717) is 32.5 Å². The first-order valence-corrected chi connectivity index (χ1v) is 7.41. The number of aliphatic carboxylic acids is 1. The highest BCUT2D eigenvalue weighted by Gasteiger charge is 2.47. The van der Waals surface area contributed by atoms with Gasteiger partial charge in [-0.25, -0.2) is 0 Å². The maximum absolute atomic E-state index is 12.3. The van der Waals surface area contributed by atoms with Crippen molar-refractivity contribution in [3.8, 4) is 0 Å². The second kappa shape index (κ2) is 5.72. The van der Waals surface area contributed by atoms with Gasteiger partial charge in [-0.15, -0.1) is 0 Å². The number of carbonyl (C=O) groups excluding carboxylic acids is 1. The van der Waals surface area contributed by atoms with E-state index in [1.165, 1.54) is 0 Å². The van der Waals surface area contributed by atoms with Crippen LogP contribution in [0.15, 0.2) is 0 Å². The second-order valence-electron chi connectivity index (χ2n) is 6.74. The minimum atomic E-state index is -0.807. The Labute approximate surface area is 120 Å². The van der Waals surface area contributed by atoms with Crippen molar-refractivity contribution in [1.29, 1.82) is 0 Å². The fraction of sp³-hybridized carbons (Fsp3) is 0.867. The number of carboxylic acids is 1. The third kappa shape index (κ3) is 2.97. The molecule has 0 bridgehead atoms. The first kappa shape index (κ1) is 15.3. The number of carbonyl (C=O) groups is 2. The largest absolute Gasteiger partial charge is 0.481 e. The number of methoxy groups -OCH3 is 1. The number of nitrogens with zero attached hydrogens (tertiary/aromatic N) is 1. The highest BCUT2D eigenvalue weighted by molar-refractivity contribution is 5.85. The number of hydrogen-bond acceptors (Lipinski definition) is 3. The number of ether oxygens (including phenoxy) is 1. The highest BCUT2D eigenvalue weighted by Crippen LogP contribution is 2.45. The molecule has 2 aliphatic rings. The molecule has 1 saturated heterocycles. The minimum absolute atomic E-state index is 0.00608. The first-order chi connectivity index (χ1) is 9.41. The Morgan fingerprint density at radius 1 is 1.20 bits per heavy atom. The number of amides is 1. The van der Waals surface area contributed by atoms with Crippen molar-refractivity contribution in [2.24, 2.45) is 10.8 Å². The van der Waals surface area contributed by atoms with E-state index >= 15 is 0 Å². The van der Waals surface area contributed by atoms with Crippen LogP contribution >= 0.6 is 0 Å². The lowest BCUT2D eigenvalue weighted by Gasteiger charge is -2.42. The molecule has 0 atom stereocenters. The normalized spacial score (nSPS) is 24.0. The summed E-state index contributed by atoms with van der Waals surface area (Å²) in [6.07, 6.45) is 4.22. The molecule has 2 rings (SSSR count). The summed E-state index contributed by atoms with van der Waals surface area (Å²) in [5, 5.41) is 9.30. The summed E-state index contributed by atoms with van der Waals surface area (Å²) in [5.41, 5.74) is -0.628. The molecule has 0 unspecified atom stereocenters. The van der Waals surface area contributed by atoms with Crippen LogP contribution in [-0.4, -0.2) is 48.7 Å².